The van der Waals surface area contributed by atoms with Crippen LogP contribution in [0.25, 0.3) is 10.9 Å². The smallest absolute Gasteiger partial charge is 0.337 e. The third kappa shape index (κ3) is 4.22. The van der Waals surface area contributed by atoms with Crippen molar-refractivity contribution in [2.75, 3.05) is 25.5 Å². The molecule has 6 nitrogen and oxygen atoms in total. The molecule has 1 heterocycles. The van der Waals surface area contributed by atoms with Crippen molar-refractivity contribution in [1.29, 1.82) is 0 Å². The maximum Gasteiger partial charge on any atom is 0.337 e. The number of para-hydroxylation sites is 1. The number of ether oxygens (including phenoxy) is 1. The predicted molar refractivity (Wildman–Crippen MR) is 101 cm³/mol. The Morgan fingerprint density at radius 2 is 1.96 bits per heavy atom. The lowest BCUT2D eigenvalue weighted by Crippen LogP contribution is -2.31. The monoisotopic (exact) mass is 351 g/mol. The van der Waals surface area contributed by atoms with E-state index < -0.39 is 5.97 Å². The number of amides is 1. The third-order valence-corrected chi connectivity index (χ3v) is 4.13. The van der Waals surface area contributed by atoms with E-state index in [1.54, 1.807) is 24.3 Å². The van der Waals surface area contributed by atoms with E-state index in [1.165, 1.54) is 18.1 Å². The van der Waals surface area contributed by atoms with E-state index in [0.29, 0.717) is 17.8 Å². The minimum absolute atomic E-state index is 0.103. The van der Waals surface area contributed by atoms with E-state index in [-0.39, 0.29) is 12.5 Å². The van der Waals surface area contributed by atoms with Gasteiger partial charge >= 0.3 is 5.97 Å². The van der Waals surface area contributed by atoms with Gasteiger partial charge in [-0.15, -0.1) is 0 Å². The Kier molecular flexibility index (Phi) is 5.53. The maximum absolute atomic E-state index is 12.0. The van der Waals surface area contributed by atoms with Crippen LogP contribution in [0.4, 0.5) is 5.69 Å². The van der Waals surface area contributed by atoms with Crippen LogP contribution in [-0.4, -0.2) is 37.1 Å². The summed E-state index contributed by atoms with van der Waals surface area (Å²) in [6.07, 6.45) is 2.74. The van der Waals surface area contributed by atoms with Crippen molar-refractivity contribution >= 4 is 28.5 Å². The zero-order chi connectivity index (χ0) is 18.4. The number of methoxy groups -OCH3 is 1. The summed E-state index contributed by atoms with van der Waals surface area (Å²) in [7, 11) is 1.34. The van der Waals surface area contributed by atoms with Gasteiger partial charge in [0, 0.05) is 29.3 Å². The summed E-state index contributed by atoms with van der Waals surface area (Å²) in [5.74, 6) is -0.509. The van der Waals surface area contributed by atoms with Crippen LogP contribution in [0.3, 0.4) is 0 Å². The summed E-state index contributed by atoms with van der Waals surface area (Å²) in [4.78, 5) is 26.8. The van der Waals surface area contributed by atoms with Gasteiger partial charge in [0.25, 0.3) is 0 Å². The molecule has 0 fully saturated rings. The summed E-state index contributed by atoms with van der Waals surface area (Å²) in [6, 6.07) is 15.0. The molecule has 0 spiro atoms. The number of esters is 1. The molecule has 2 aromatic carbocycles. The van der Waals surface area contributed by atoms with Crippen LogP contribution >= 0.6 is 0 Å². The largest absolute Gasteiger partial charge is 0.465 e. The van der Waals surface area contributed by atoms with E-state index in [1.807, 2.05) is 24.4 Å². The molecule has 1 amide bonds. The molecule has 3 N–H and O–H groups in total. The first-order chi connectivity index (χ1) is 12.7. The van der Waals surface area contributed by atoms with Gasteiger partial charge in [-0.2, -0.15) is 0 Å². The number of nitrogens with one attached hydrogen (secondary N) is 3. The van der Waals surface area contributed by atoms with Crippen LogP contribution < -0.4 is 10.6 Å². The van der Waals surface area contributed by atoms with Crippen LogP contribution in [0.2, 0.25) is 0 Å². The van der Waals surface area contributed by atoms with E-state index >= 15 is 0 Å². The molecular weight excluding hydrogens is 330 g/mol. The Hall–Kier alpha value is -3.28. The lowest BCUT2D eigenvalue weighted by atomic mass is 10.1. The van der Waals surface area contributed by atoms with Crippen molar-refractivity contribution in [2.45, 2.75) is 6.42 Å². The minimum atomic E-state index is -0.406. The second-order valence-corrected chi connectivity index (χ2v) is 5.89. The zero-order valence-corrected chi connectivity index (χ0v) is 14.5. The van der Waals surface area contributed by atoms with Crippen LogP contribution in [-0.2, 0) is 16.0 Å². The molecule has 26 heavy (non-hydrogen) atoms. The highest BCUT2D eigenvalue weighted by molar-refractivity contribution is 5.90. The molecule has 0 radical (unpaired) electrons. The standard InChI is InChI=1S/C20H21N3O3/c1-26-20(25)14-5-4-6-16(11-14)22-13-19(24)21-10-9-15-12-23-18-8-3-2-7-17(15)18/h2-8,11-12,22-23H,9-10,13H2,1H3,(H,21,24). The highest BCUT2D eigenvalue weighted by atomic mass is 16.5. The molecule has 0 aliphatic heterocycles. The fraction of sp³-hybridized carbons (Fsp3) is 0.200. The molecular formula is C20H21N3O3. The zero-order valence-electron chi connectivity index (χ0n) is 14.5. The molecule has 0 unspecified atom stereocenters. The summed E-state index contributed by atoms with van der Waals surface area (Å²) in [6.45, 7) is 0.697. The number of aromatic amines is 1. The lowest BCUT2D eigenvalue weighted by molar-refractivity contribution is -0.119. The topological polar surface area (TPSA) is 83.2 Å². The molecule has 6 heteroatoms. The van der Waals surface area contributed by atoms with Crippen molar-refractivity contribution in [2.24, 2.45) is 0 Å². The molecule has 0 saturated heterocycles. The van der Waals surface area contributed by atoms with Gasteiger partial charge in [-0.3, -0.25) is 4.79 Å². The number of carbonyl (C=O) groups is 2. The molecule has 0 saturated carbocycles. The van der Waals surface area contributed by atoms with Gasteiger partial charge in [-0.25, -0.2) is 4.79 Å². The number of aromatic nitrogens is 1. The number of benzene rings is 2. The van der Waals surface area contributed by atoms with Crippen molar-refractivity contribution in [3.63, 3.8) is 0 Å². The molecule has 3 rings (SSSR count). The van der Waals surface area contributed by atoms with E-state index in [4.69, 9.17) is 0 Å². The summed E-state index contributed by atoms with van der Waals surface area (Å²) in [5, 5.41) is 7.09. The highest BCUT2D eigenvalue weighted by Crippen LogP contribution is 2.17. The van der Waals surface area contributed by atoms with Gasteiger partial charge in [0.05, 0.1) is 19.2 Å². The van der Waals surface area contributed by atoms with Gasteiger partial charge in [-0.1, -0.05) is 24.3 Å². The Labute approximate surface area is 151 Å². The molecule has 0 aliphatic carbocycles. The molecule has 0 atom stereocenters. The molecule has 0 aliphatic rings. The number of anilines is 1. The predicted octanol–water partition coefficient (Wildman–Crippen LogP) is 2.73. The number of carbonyl (C=O) groups excluding carboxylic acids is 2. The van der Waals surface area contributed by atoms with Crippen molar-refractivity contribution in [3.8, 4) is 0 Å². The second-order valence-electron chi connectivity index (χ2n) is 5.89. The van der Waals surface area contributed by atoms with E-state index in [0.717, 1.165) is 11.9 Å². The van der Waals surface area contributed by atoms with Gasteiger partial charge in [0.15, 0.2) is 0 Å². The fourth-order valence-corrected chi connectivity index (χ4v) is 2.79. The number of fused-ring (bicyclic) bond motifs is 1. The van der Waals surface area contributed by atoms with Crippen molar-refractivity contribution < 1.29 is 14.3 Å². The Morgan fingerprint density at radius 1 is 1.12 bits per heavy atom. The van der Waals surface area contributed by atoms with Gasteiger partial charge < -0.3 is 20.4 Å². The fourth-order valence-electron chi connectivity index (χ4n) is 2.79. The molecule has 0 bridgehead atoms. The first-order valence-electron chi connectivity index (χ1n) is 8.41. The minimum Gasteiger partial charge on any atom is -0.465 e. The first-order valence-corrected chi connectivity index (χ1v) is 8.41. The third-order valence-electron chi connectivity index (χ3n) is 4.13. The maximum atomic E-state index is 12.0. The average molecular weight is 351 g/mol. The number of hydrogen-bond donors (Lipinski definition) is 3. The van der Waals surface area contributed by atoms with Crippen LogP contribution in [0.1, 0.15) is 15.9 Å². The molecule has 1 aromatic heterocycles. The van der Waals surface area contributed by atoms with E-state index in [2.05, 4.69) is 26.4 Å². The van der Waals surface area contributed by atoms with Gasteiger partial charge in [0.2, 0.25) is 5.91 Å². The van der Waals surface area contributed by atoms with Gasteiger partial charge in [-0.05, 0) is 36.2 Å². The van der Waals surface area contributed by atoms with Crippen LogP contribution in [0, 0.1) is 0 Å². The Morgan fingerprint density at radius 3 is 2.81 bits per heavy atom. The lowest BCUT2D eigenvalue weighted by Gasteiger charge is -2.08. The molecule has 3 aromatic rings. The molecule has 134 valence electrons. The van der Waals surface area contributed by atoms with Crippen LogP contribution in [0.5, 0.6) is 0 Å². The summed E-state index contributed by atoms with van der Waals surface area (Å²) in [5.41, 5.74) is 3.41. The highest BCUT2D eigenvalue weighted by Gasteiger charge is 2.07. The summed E-state index contributed by atoms with van der Waals surface area (Å²) >= 11 is 0. The number of H-pyrrole nitrogens is 1. The summed E-state index contributed by atoms with van der Waals surface area (Å²) < 4.78 is 4.69. The van der Waals surface area contributed by atoms with Gasteiger partial charge in [0.1, 0.15) is 0 Å². The SMILES string of the molecule is COC(=O)c1cccc(NCC(=O)NCCc2c[nH]c3ccccc23)c1. The van der Waals surface area contributed by atoms with E-state index in [9.17, 15) is 9.59 Å². The normalized spacial score (nSPS) is 10.5. The average Bonchev–Trinajstić information content (AvgIpc) is 3.09. The second kappa shape index (κ2) is 8.20. The first kappa shape index (κ1) is 17.5. The van der Waals surface area contributed by atoms with Crippen molar-refractivity contribution in [3.05, 3.63) is 65.9 Å². The Bertz CT molecular complexity index is 917. The Balaban J connectivity index is 1.47. The van der Waals surface area contributed by atoms with Crippen molar-refractivity contribution in [1.82, 2.24) is 10.3 Å². The number of hydrogen-bond acceptors (Lipinski definition) is 4. The number of rotatable bonds is 7. The quantitative estimate of drug-likeness (QED) is 0.572. The van der Waals surface area contributed by atoms with Crippen LogP contribution in [0.15, 0.2) is 54.7 Å².